The van der Waals surface area contributed by atoms with Crippen LogP contribution in [-0.2, 0) is 9.59 Å². The summed E-state index contributed by atoms with van der Waals surface area (Å²) in [6, 6.07) is 15.0. The molecule has 2 aliphatic heterocycles. The molecule has 4 amide bonds. The van der Waals surface area contributed by atoms with Crippen molar-refractivity contribution >= 4 is 23.6 Å². The minimum Gasteiger partial charge on any atom is -0.493 e. The lowest BCUT2D eigenvalue weighted by Gasteiger charge is -2.37. The third-order valence-corrected chi connectivity index (χ3v) is 5.84. The number of nitrogens with zero attached hydrogens (tertiary/aromatic N) is 3. The van der Waals surface area contributed by atoms with Crippen LogP contribution in [0.2, 0.25) is 0 Å². The molecule has 1 saturated heterocycles. The van der Waals surface area contributed by atoms with Crippen LogP contribution in [0.3, 0.4) is 0 Å². The van der Waals surface area contributed by atoms with Crippen LogP contribution in [0.15, 0.2) is 54.6 Å². The van der Waals surface area contributed by atoms with Crippen LogP contribution in [0.5, 0.6) is 5.75 Å². The molecule has 2 aromatic carbocycles. The third kappa shape index (κ3) is 4.21. The number of benzene rings is 2. The molecule has 8 nitrogen and oxygen atoms in total. The van der Waals surface area contributed by atoms with Crippen LogP contribution in [0, 0.1) is 0 Å². The van der Waals surface area contributed by atoms with Gasteiger partial charge in [0.05, 0.1) is 24.2 Å². The predicted octanol–water partition coefficient (Wildman–Crippen LogP) is 1.81. The molecule has 166 valence electrons. The highest BCUT2D eigenvalue weighted by atomic mass is 16.5. The van der Waals surface area contributed by atoms with Crippen molar-refractivity contribution in [3.8, 4) is 5.75 Å². The molecule has 0 spiro atoms. The van der Waals surface area contributed by atoms with Crippen LogP contribution in [-0.4, -0.2) is 77.2 Å². The Morgan fingerprint density at radius 1 is 0.844 bits per heavy atom. The van der Waals surface area contributed by atoms with Crippen LogP contribution in [0.4, 0.5) is 0 Å². The number of ether oxygens (including phenoxy) is 1. The molecule has 1 fully saturated rings. The summed E-state index contributed by atoms with van der Waals surface area (Å²) in [6.07, 6.45) is 0.258. The van der Waals surface area contributed by atoms with Gasteiger partial charge in [0, 0.05) is 26.2 Å². The molecule has 1 unspecified atom stereocenters. The average Bonchev–Trinajstić information content (AvgIpc) is 3.09. The maximum atomic E-state index is 13.0. The van der Waals surface area contributed by atoms with Gasteiger partial charge in [-0.2, -0.15) is 0 Å². The SMILES string of the molecule is CC(C(=O)N1CCN(C(=O)CCOc2ccccc2)CC1)N1C(=O)c2ccccc2C1=O. The fourth-order valence-electron chi connectivity index (χ4n) is 4.04. The van der Waals surface area contributed by atoms with Gasteiger partial charge < -0.3 is 14.5 Å². The van der Waals surface area contributed by atoms with Gasteiger partial charge in [-0.25, -0.2) is 0 Å². The molecule has 0 aromatic heterocycles. The topological polar surface area (TPSA) is 87.2 Å². The summed E-state index contributed by atoms with van der Waals surface area (Å²) in [5.74, 6) is -0.490. The summed E-state index contributed by atoms with van der Waals surface area (Å²) < 4.78 is 5.58. The van der Waals surface area contributed by atoms with Gasteiger partial charge in [-0.15, -0.1) is 0 Å². The van der Waals surface area contributed by atoms with Gasteiger partial charge in [-0.05, 0) is 31.2 Å². The second-order valence-electron chi connectivity index (χ2n) is 7.82. The van der Waals surface area contributed by atoms with Crippen molar-refractivity contribution in [3.63, 3.8) is 0 Å². The third-order valence-electron chi connectivity index (χ3n) is 5.84. The Morgan fingerprint density at radius 3 is 1.97 bits per heavy atom. The number of para-hydroxylation sites is 1. The first-order valence-corrected chi connectivity index (χ1v) is 10.7. The highest BCUT2D eigenvalue weighted by molar-refractivity contribution is 6.22. The second-order valence-corrected chi connectivity index (χ2v) is 7.82. The highest BCUT2D eigenvalue weighted by Crippen LogP contribution is 2.25. The molecule has 2 heterocycles. The zero-order valence-corrected chi connectivity index (χ0v) is 17.9. The Bertz CT molecular complexity index is 996. The van der Waals surface area contributed by atoms with Crippen molar-refractivity contribution in [2.45, 2.75) is 19.4 Å². The van der Waals surface area contributed by atoms with Crippen LogP contribution < -0.4 is 4.74 Å². The number of carbonyl (C=O) groups is 4. The van der Waals surface area contributed by atoms with Crippen molar-refractivity contribution in [2.75, 3.05) is 32.8 Å². The Hall–Kier alpha value is -3.68. The Kier molecular flexibility index (Phi) is 6.20. The van der Waals surface area contributed by atoms with Gasteiger partial charge in [0.25, 0.3) is 11.8 Å². The fourth-order valence-corrected chi connectivity index (χ4v) is 4.04. The first kappa shape index (κ1) is 21.5. The number of hydrogen-bond donors (Lipinski definition) is 0. The Balaban J connectivity index is 1.27. The molecule has 32 heavy (non-hydrogen) atoms. The standard InChI is InChI=1S/C24H25N3O5/c1-17(27-23(30)19-9-5-6-10-20(19)24(27)31)22(29)26-14-12-25(13-15-26)21(28)11-16-32-18-7-3-2-4-8-18/h2-10,17H,11-16H2,1H3. The molecule has 0 bridgehead atoms. The maximum Gasteiger partial charge on any atom is 0.262 e. The van der Waals surface area contributed by atoms with Gasteiger partial charge in [0.15, 0.2) is 0 Å². The molecule has 8 heteroatoms. The summed E-state index contributed by atoms with van der Waals surface area (Å²) in [7, 11) is 0. The summed E-state index contributed by atoms with van der Waals surface area (Å²) in [5.41, 5.74) is 0.649. The summed E-state index contributed by atoms with van der Waals surface area (Å²) >= 11 is 0. The number of hydrogen-bond acceptors (Lipinski definition) is 5. The zero-order chi connectivity index (χ0) is 22.7. The van der Waals surface area contributed by atoms with Gasteiger partial charge >= 0.3 is 0 Å². The minimum atomic E-state index is -0.899. The smallest absolute Gasteiger partial charge is 0.262 e. The number of amides is 4. The Morgan fingerprint density at radius 2 is 1.38 bits per heavy atom. The number of rotatable bonds is 6. The first-order valence-electron chi connectivity index (χ1n) is 10.7. The van der Waals surface area contributed by atoms with E-state index in [-0.39, 0.29) is 18.2 Å². The van der Waals surface area contributed by atoms with E-state index < -0.39 is 17.9 Å². The summed E-state index contributed by atoms with van der Waals surface area (Å²) in [6.45, 7) is 3.39. The van der Waals surface area contributed by atoms with Crippen molar-refractivity contribution in [1.29, 1.82) is 0 Å². The zero-order valence-electron chi connectivity index (χ0n) is 17.9. The number of imide groups is 1. The summed E-state index contributed by atoms with van der Waals surface area (Å²) in [5, 5.41) is 0. The van der Waals surface area contributed by atoms with E-state index in [1.807, 2.05) is 30.3 Å². The van der Waals surface area contributed by atoms with E-state index in [0.29, 0.717) is 43.9 Å². The number of fused-ring (bicyclic) bond motifs is 1. The lowest BCUT2D eigenvalue weighted by molar-refractivity contribution is -0.141. The number of carbonyl (C=O) groups excluding carboxylic acids is 4. The van der Waals surface area contributed by atoms with Gasteiger partial charge in [0.1, 0.15) is 11.8 Å². The van der Waals surface area contributed by atoms with E-state index >= 15 is 0 Å². The van der Waals surface area contributed by atoms with E-state index in [1.165, 1.54) is 0 Å². The monoisotopic (exact) mass is 435 g/mol. The maximum absolute atomic E-state index is 13.0. The molecule has 1 atom stereocenters. The molecule has 0 aliphatic carbocycles. The molecule has 2 aromatic rings. The lowest BCUT2D eigenvalue weighted by atomic mass is 10.1. The average molecular weight is 435 g/mol. The molecule has 0 N–H and O–H groups in total. The second kappa shape index (κ2) is 9.21. The quantitative estimate of drug-likeness (QED) is 0.646. The van der Waals surface area contributed by atoms with Crippen molar-refractivity contribution < 1.29 is 23.9 Å². The molecule has 4 rings (SSSR count). The van der Waals surface area contributed by atoms with Crippen LogP contribution in [0.1, 0.15) is 34.1 Å². The highest BCUT2D eigenvalue weighted by Gasteiger charge is 2.42. The largest absolute Gasteiger partial charge is 0.493 e. The van der Waals surface area contributed by atoms with E-state index in [9.17, 15) is 19.2 Å². The van der Waals surface area contributed by atoms with Crippen LogP contribution in [0.25, 0.3) is 0 Å². The molecule has 0 radical (unpaired) electrons. The molecule has 2 aliphatic rings. The van der Waals surface area contributed by atoms with E-state index in [1.54, 1.807) is 41.0 Å². The first-order chi connectivity index (χ1) is 15.5. The van der Waals surface area contributed by atoms with Gasteiger partial charge in [0.2, 0.25) is 11.8 Å². The van der Waals surface area contributed by atoms with Crippen LogP contribution >= 0.6 is 0 Å². The van der Waals surface area contributed by atoms with E-state index in [4.69, 9.17) is 4.74 Å². The van der Waals surface area contributed by atoms with Gasteiger partial charge in [-0.1, -0.05) is 30.3 Å². The lowest BCUT2D eigenvalue weighted by Crippen LogP contribution is -2.56. The normalized spacial score (nSPS) is 16.7. The minimum absolute atomic E-state index is 0.0265. The molecular weight excluding hydrogens is 410 g/mol. The van der Waals surface area contributed by atoms with Gasteiger partial charge in [-0.3, -0.25) is 24.1 Å². The number of piperazine rings is 1. The predicted molar refractivity (Wildman–Crippen MR) is 116 cm³/mol. The van der Waals surface area contributed by atoms with Crippen molar-refractivity contribution in [1.82, 2.24) is 14.7 Å². The van der Waals surface area contributed by atoms with E-state index in [2.05, 4.69) is 0 Å². The van der Waals surface area contributed by atoms with Crippen molar-refractivity contribution in [3.05, 3.63) is 65.7 Å². The Labute approximate surface area is 186 Å². The fraction of sp³-hybridized carbons (Fsp3) is 0.333. The summed E-state index contributed by atoms with van der Waals surface area (Å²) in [4.78, 5) is 55.1. The van der Waals surface area contributed by atoms with E-state index in [0.717, 1.165) is 10.6 Å². The molecule has 0 saturated carbocycles. The molecular formula is C24H25N3O5. The van der Waals surface area contributed by atoms with Crippen molar-refractivity contribution in [2.24, 2.45) is 0 Å².